The molecule has 2 amide bonds. The van der Waals surface area contributed by atoms with Gasteiger partial charge in [-0.05, 0) is 29.7 Å². The summed E-state index contributed by atoms with van der Waals surface area (Å²) in [5.74, 6) is 0.0913. The summed E-state index contributed by atoms with van der Waals surface area (Å²) in [7, 11) is 1.70. The highest BCUT2D eigenvalue weighted by Gasteiger charge is 2.10. The van der Waals surface area contributed by atoms with E-state index in [0.29, 0.717) is 11.6 Å². The van der Waals surface area contributed by atoms with Crippen molar-refractivity contribution in [1.29, 1.82) is 0 Å². The van der Waals surface area contributed by atoms with Gasteiger partial charge in [-0.3, -0.25) is 14.3 Å². The smallest absolute Gasteiger partial charge is 0.269 e. The number of carbonyl (C=O) groups is 2. The second-order valence-corrected chi connectivity index (χ2v) is 5.67. The van der Waals surface area contributed by atoms with E-state index < -0.39 is 0 Å². The van der Waals surface area contributed by atoms with Gasteiger partial charge in [-0.15, -0.1) is 0 Å². The van der Waals surface area contributed by atoms with Crippen LogP contribution in [0.4, 0.5) is 5.69 Å². The molecular weight excluding hydrogens is 292 g/mol. The van der Waals surface area contributed by atoms with Crippen molar-refractivity contribution in [3.05, 3.63) is 47.8 Å². The molecule has 0 radical (unpaired) electrons. The molecule has 0 aliphatic carbocycles. The first kappa shape index (κ1) is 16.7. The minimum absolute atomic E-state index is 0.132. The van der Waals surface area contributed by atoms with Gasteiger partial charge in [0.05, 0.1) is 0 Å². The summed E-state index contributed by atoms with van der Waals surface area (Å²) in [6, 6.07) is 9.42. The van der Waals surface area contributed by atoms with Gasteiger partial charge in [-0.2, -0.15) is 5.10 Å². The number of anilines is 1. The summed E-state index contributed by atoms with van der Waals surface area (Å²) in [6.07, 6.45) is 1.78. The first-order chi connectivity index (χ1) is 11.0. The van der Waals surface area contributed by atoms with Crippen molar-refractivity contribution in [1.82, 2.24) is 15.1 Å². The zero-order valence-electron chi connectivity index (χ0n) is 13.7. The van der Waals surface area contributed by atoms with Crippen molar-refractivity contribution in [3.8, 4) is 0 Å². The van der Waals surface area contributed by atoms with Gasteiger partial charge in [0.1, 0.15) is 5.69 Å². The lowest BCUT2D eigenvalue weighted by Gasteiger charge is -2.09. The van der Waals surface area contributed by atoms with Gasteiger partial charge in [0.2, 0.25) is 5.91 Å². The van der Waals surface area contributed by atoms with Gasteiger partial charge in [0.25, 0.3) is 5.91 Å². The minimum atomic E-state index is -0.237. The SMILES string of the molecule is CC(C)c1ccc(NC(=O)CCNC(=O)c2ccnn2C)cc1. The second kappa shape index (κ2) is 7.58. The molecule has 1 aromatic heterocycles. The zero-order chi connectivity index (χ0) is 16.8. The quantitative estimate of drug-likeness (QED) is 0.859. The van der Waals surface area contributed by atoms with Crippen LogP contribution in [0.25, 0.3) is 0 Å². The maximum atomic E-state index is 11.9. The molecule has 0 fully saturated rings. The summed E-state index contributed by atoms with van der Waals surface area (Å²) >= 11 is 0. The number of rotatable bonds is 6. The van der Waals surface area contributed by atoms with Gasteiger partial charge in [0, 0.05) is 31.9 Å². The van der Waals surface area contributed by atoms with Gasteiger partial charge in [-0.25, -0.2) is 0 Å². The van der Waals surface area contributed by atoms with E-state index in [0.717, 1.165) is 5.69 Å². The highest BCUT2D eigenvalue weighted by molar-refractivity contribution is 5.94. The highest BCUT2D eigenvalue weighted by Crippen LogP contribution is 2.17. The molecule has 0 bridgehead atoms. The fourth-order valence-electron chi connectivity index (χ4n) is 2.15. The van der Waals surface area contributed by atoms with E-state index in [2.05, 4.69) is 29.6 Å². The lowest BCUT2D eigenvalue weighted by atomic mass is 10.0. The van der Waals surface area contributed by atoms with E-state index in [1.54, 1.807) is 19.3 Å². The van der Waals surface area contributed by atoms with Crippen molar-refractivity contribution in [2.24, 2.45) is 7.05 Å². The number of nitrogens with one attached hydrogen (secondary N) is 2. The zero-order valence-corrected chi connectivity index (χ0v) is 13.7. The molecule has 2 N–H and O–H groups in total. The van der Waals surface area contributed by atoms with Crippen LogP contribution >= 0.6 is 0 Å². The monoisotopic (exact) mass is 314 g/mol. The lowest BCUT2D eigenvalue weighted by molar-refractivity contribution is -0.116. The average molecular weight is 314 g/mol. The Labute approximate surface area is 135 Å². The molecule has 0 saturated carbocycles. The van der Waals surface area contributed by atoms with Gasteiger partial charge >= 0.3 is 0 Å². The van der Waals surface area contributed by atoms with Crippen LogP contribution in [0, 0.1) is 0 Å². The Morgan fingerprint density at radius 1 is 1.17 bits per heavy atom. The van der Waals surface area contributed by atoms with Crippen LogP contribution in [0.5, 0.6) is 0 Å². The van der Waals surface area contributed by atoms with E-state index in [-0.39, 0.29) is 24.8 Å². The van der Waals surface area contributed by atoms with Crippen LogP contribution in [-0.4, -0.2) is 28.1 Å². The van der Waals surface area contributed by atoms with Crippen molar-refractivity contribution in [2.45, 2.75) is 26.2 Å². The molecule has 122 valence electrons. The lowest BCUT2D eigenvalue weighted by Crippen LogP contribution is -2.29. The number of aromatic nitrogens is 2. The topological polar surface area (TPSA) is 76.0 Å². The normalized spacial score (nSPS) is 10.6. The van der Waals surface area contributed by atoms with E-state index in [1.807, 2.05) is 24.3 Å². The predicted octanol–water partition coefficient (Wildman–Crippen LogP) is 2.30. The number of nitrogens with zero attached hydrogens (tertiary/aromatic N) is 2. The fraction of sp³-hybridized carbons (Fsp3) is 0.353. The third-order valence-electron chi connectivity index (χ3n) is 3.55. The van der Waals surface area contributed by atoms with Crippen molar-refractivity contribution in [3.63, 3.8) is 0 Å². The molecule has 0 saturated heterocycles. The van der Waals surface area contributed by atoms with E-state index >= 15 is 0 Å². The molecule has 0 unspecified atom stereocenters. The number of hydrogen-bond acceptors (Lipinski definition) is 3. The molecule has 23 heavy (non-hydrogen) atoms. The third-order valence-corrected chi connectivity index (χ3v) is 3.55. The second-order valence-electron chi connectivity index (χ2n) is 5.67. The molecule has 6 nitrogen and oxygen atoms in total. The summed E-state index contributed by atoms with van der Waals surface area (Å²) in [5, 5.41) is 9.46. The van der Waals surface area contributed by atoms with E-state index in [1.165, 1.54) is 10.2 Å². The number of hydrogen-bond donors (Lipinski definition) is 2. The summed E-state index contributed by atoms with van der Waals surface area (Å²) in [6.45, 7) is 4.52. The van der Waals surface area contributed by atoms with E-state index in [9.17, 15) is 9.59 Å². The molecule has 1 aromatic carbocycles. The Bertz CT molecular complexity index is 674. The Morgan fingerprint density at radius 2 is 1.87 bits per heavy atom. The van der Waals surface area contributed by atoms with Crippen LogP contribution in [0.1, 0.15) is 42.2 Å². The predicted molar refractivity (Wildman–Crippen MR) is 89.3 cm³/mol. The summed E-state index contributed by atoms with van der Waals surface area (Å²) < 4.78 is 1.49. The molecule has 0 aliphatic heterocycles. The van der Waals surface area contributed by atoms with Crippen molar-refractivity contribution < 1.29 is 9.59 Å². The van der Waals surface area contributed by atoms with Crippen molar-refractivity contribution >= 4 is 17.5 Å². The first-order valence-electron chi connectivity index (χ1n) is 7.63. The molecule has 2 rings (SSSR count). The van der Waals surface area contributed by atoms with E-state index in [4.69, 9.17) is 0 Å². The van der Waals surface area contributed by atoms with Gasteiger partial charge < -0.3 is 10.6 Å². The Hall–Kier alpha value is -2.63. The van der Waals surface area contributed by atoms with Crippen LogP contribution < -0.4 is 10.6 Å². The molecule has 6 heteroatoms. The Morgan fingerprint density at radius 3 is 2.43 bits per heavy atom. The summed E-state index contributed by atoms with van der Waals surface area (Å²) in [4.78, 5) is 23.8. The standard InChI is InChI=1S/C17H22N4O2/c1-12(2)13-4-6-14(7-5-13)20-16(22)9-10-18-17(23)15-8-11-19-21(15)3/h4-8,11-12H,9-10H2,1-3H3,(H,18,23)(H,20,22). The van der Waals surface area contributed by atoms with Gasteiger partial charge in [0.15, 0.2) is 0 Å². The van der Waals surface area contributed by atoms with Crippen molar-refractivity contribution in [2.75, 3.05) is 11.9 Å². The number of amides is 2. The third kappa shape index (κ3) is 4.67. The molecule has 1 heterocycles. The molecule has 0 spiro atoms. The fourth-order valence-corrected chi connectivity index (χ4v) is 2.15. The Kier molecular flexibility index (Phi) is 5.51. The molecule has 0 aliphatic rings. The molecule has 0 atom stereocenters. The summed E-state index contributed by atoms with van der Waals surface area (Å²) in [5.41, 5.74) is 2.46. The maximum absolute atomic E-state index is 11.9. The largest absolute Gasteiger partial charge is 0.350 e. The average Bonchev–Trinajstić information content (AvgIpc) is 2.94. The number of benzene rings is 1. The first-order valence-corrected chi connectivity index (χ1v) is 7.63. The highest BCUT2D eigenvalue weighted by atomic mass is 16.2. The molecular formula is C17H22N4O2. The van der Waals surface area contributed by atoms with Crippen LogP contribution in [0.3, 0.4) is 0 Å². The van der Waals surface area contributed by atoms with Crippen LogP contribution in [0.2, 0.25) is 0 Å². The van der Waals surface area contributed by atoms with Crippen LogP contribution in [0.15, 0.2) is 36.5 Å². The maximum Gasteiger partial charge on any atom is 0.269 e. The number of carbonyl (C=O) groups excluding carboxylic acids is 2. The Balaban J connectivity index is 1.77. The minimum Gasteiger partial charge on any atom is -0.350 e. The number of aryl methyl sites for hydroxylation is 1. The van der Waals surface area contributed by atoms with Crippen LogP contribution in [-0.2, 0) is 11.8 Å². The molecule has 2 aromatic rings. The van der Waals surface area contributed by atoms with Gasteiger partial charge in [-0.1, -0.05) is 26.0 Å².